The molecule has 3 rings (SSSR count). The van der Waals surface area contributed by atoms with Gasteiger partial charge in [-0.25, -0.2) is 9.97 Å². The Hall–Kier alpha value is -1.42. The quantitative estimate of drug-likeness (QED) is 0.640. The van der Waals surface area contributed by atoms with Gasteiger partial charge in [0.2, 0.25) is 0 Å². The zero-order chi connectivity index (χ0) is 13.9. The van der Waals surface area contributed by atoms with E-state index in [1.165, 1.54) is 19.3 Å². The maximum atomic E-state index is 6.39. The number of hydrogen-bond acceptors (Lipinski definition) is 3. The average molecular weight is 291 g/mol. The van der Waals surface area contributed by atoms with Crippen molar-refractivity contribution in [1.82, 2.24) is 19.7 Å². The van der Waals surface area contributed by atoms with E-state index in [0.717, 1.165) is 42.8 Å². The number of aryl methyl sites for hydroxylation is 2. The molecule has 0 aromatic carbocycles. The van der Waals surface area contributed by atoms with Gasteiger partial charge in [0.25, 0.3) is 0 Å². The summed E-state index contributed by atoms with van der Waals surface area (Å²) in [6.45, 7) is 3.01. The predicted octanol–water partition coefficient (Wildman–Crippen LogP) is 3.67. The first kappa shape index (κ1) is 13.6. The van der Waals surface area contributed by atoms with Gasteiger partial charge in [0, 0.05) is 24.0 Å². The molecule has 0 N–H and O–H groups in total. The Morgan fingerprint density at radius 2 is 2.05 bits per heavy atom. The van der Waals surface area contributed by atoms with Gasteiger partial charge in [0.15, 0.2) is 5.82 Å². The molecule has 0 radical (unpaired) electrons. The number of aromatic nitrogens is 4. The van der Waals surface area contributed by atoms with E-state index in [9.17, 15) is 0 Å². The molecule has 20 heavy (non-hydrogen) atoms. The van der Waals surface area contributed by atoms with Crippen molar-refractivity contribution in [1.29, 1.82) is 0 Å². The SMILES string of the molecule is CCCn1nccc1-c1nc(Cl)c2c(n1)CCCCC2. The van der Waals surface area contributed by atoms with Crippen LogP contribution in [0.4, 0.5) is 0 Å². The van der Waals surface area contributed by atoms with Gasteiger partial charge in [0.1, 0.15) is 10.8 Å². The normalized spacial score (nSPS) is 14.9. The molecule has 0 unspecified atom stereocenters. The molecule has 0 saturated heterocycles. The van der Waals surface area contributed by atoms with Gasteiger partial charge >= 0.3 is 0 Å². The minimum atomic E-state index is 0.621. The van der Waals surface area contributed by atoms with Gasteiger partial charge in [-0.1, -0.05) is 24.9 Å². The molecule has 0 spiro atoms. The zero-order valence-corrected chi connectivity index (χ0v) is 12.5. The topological polar surface area (TPSA) is 43.6 Å². The molecule has 0 amide bonds. The van der Waals surface area contributed by atoms with Crippen LogP contribution in [0.3, 0.4) is 0 Å². The van der Waals surface area contributed by atoms with E-state index in [1.54, 1.807) is 6.20 Å². The van der Waals surface area contributed by atoms with Gasteiger partial charge in [0.05, 0.1) is 0 Å². The summed E-state index contributed by atoms with van der Waals surface area (Å²) in [5.41, 5.74) is 3.23. The van der Waals surface area contributed by atoms with E-state index in [-0.39, 0.29) is 0 Å². The maximum Gasteiger partial charge on any atom is 0.179 e. The smallest absolute Gasteiger partial charge is 0.179 e. The van der Waals surface area contributed by atoms with Gasteiger partial charge in [-0.15, -0.1) is 0 Å². The summed E-state index contributed by atoms with van der Waals surface area (Å²) in [7, 11) is 0. The Labute approximate surface area is 124 Å². The van der Waals surface area contributed by atoms with E-state index < -0.39 is 0 Å². The van der Waals surface area contributed by atoms with Crippen molar-refractivity contribution < 1.29 is 0 Å². The third-order valence-corrected chi connectivity index (χ3v) is 4.08. The Morgan fingerprint density at radius 1 is 1.20 bits per heavy atom. The molecule has 0 atom stereocenters. The molecule has 4 nitrogen and oxygen atoms in total. The lowest BCUT2D eigenvalue weighted by atomic mass is 10.1. The van der Waals surface area contributed by atoms with E-state index in [1.807, 2.05) is 10.7 Å². The first-order chi connectivity index (χ1) is 9.79. The van der Waals surface area contributed by atoms with Crippen LogP contribution >= 0.6 is 11.6 Å². The van der Waals surface area contributed by atoms with Gasteiger partial charge in [-0.2, -0.15) is 5.10 Å². The van der Waals surface area contributed by atoms with Crippen molar-refractivity contribution in [3.63, 3.8) is 0 Å². The van der Waals surface area contributed by atoms with Crippen LogP contribution in [-0.2, 0) is 19.4 Å². The fourth-order valence-electron chi connectivity index (χ4n) is 2.75. The third-order valence-electron chi connectivity index (χ3n) is 3.76. The summed E-state index contributed by atoms with van der Waals surface area (Å²) in [6.07, 6.45) is 8.46. The Kier molecular flexibility index (Phi) is 4.01. The highest BCUT2D eigenvalue weighted by molar-refractivity contribution is 6.30. The van der Waals surface area contributed by atoms with E-state index >= 15 is 0 Å². The summed E-state index contributed by atoms with van der Waals surface area (Å²) in [4.78, 5) is 9.27. The third kappa shape index (κ3) is 2.57. The predicted molar refractivity (Wildman–Crippen MR) is 79.8 cm³/mol. The Bertz CT molecular complexity index is 606. The molecule has 0 fully saturated rings. The second-order valence-corrected chi connectivity index (χ2v) is 5.62. The van der Waals surface area contributed by atoms with Gasteiger partial charge in [-0.05, 0) is 38.2 Å². The molecular formula is C15H19ClN4. The first-order valence-corrected chi connectivity index (χ1v) is 7.75. The number of hydrogen-bond donors (Lipinski definition) is 0. The molecule has 2 aromatic rings. The molecule has 0 aliphatic heterocycles. The van der Waals surface area contributed by atoms with Gasteiger partial charge < -0.3 is 0 Å². The summed E-state index contributed by atoms with van der Waals surface area (Å²) in [5, 5.41) is 4.96. The van der Waals surface area contributed by atoms with Crippen LogP contribution in [0.25, 0.3) is 11.5 Å². The minimum Gasteiger partial charge on any atom is -0.262 e. The lowest BCUT2D eigenvalue weighted by Gasteiger charge is -2.10. The fraction of sp³-hybridized carbons (Fsp3) is 0.533. The van der Waals surface area contributed by atoms with Crippen LogP contribution < -0.4 is 0 Å². The zero-order valence-electron chi connectivity index (χ0n) is 11.8. The number of rotatable bonds is 3. The molecule has 2 aromatic heterocycles. The summed E-state index contributed by atoms with van der Waals surface area (Å²) in [5.74, 6) is 0.710. The van der Waals surface area contributed by atoms with Crippen molar-refractivity contribution in [2.75, 3.05) is 0 Å². The monoisotopic (exact) mass is 290 g/mol. The average Bonchev–Trinajstić information content (AvgIpc) is 2.76. The van der Waals surface area contributed by atoms with Crippen molar-refractivity contribution >= 4 is 11.6 Å². The summed E-state index contributed by atoms with van der Waals surface area (Å²) >= 11 is 6.39. The fourth-order valence-corrected chi connectivity index (χ4v) is 3.04. The molecule has 106 valence electrons. The van der Waals surface area contributed by atoms with Crippen LogP contribution in [0.15, 0.2) is 12.3 Å². The van der Waals surface area contributed by atoms with Gasteiger partial charge in [-0.3, -0.25) is 4.68 Å². The van der Waals surface area contributed by atoms with Crippen LogP contribution in [0.5, 0.6) is 0 Å². The highest BCUT2D eigenvalue weighted by Crippen LogP contribution is 2.27. The van der Waals surface area contributed by atoms with Crippen molar-refractivity contribution in [3.8, 4) is 11.5 Å². The molecule has 1 aliphatic carbocycles. The van der Waals surface area contributed by atoms with Crippen LogP contribution in [0, 0.1) is 0 Å². The molecule has 0 saturated carbocycles. The van der Waals surface area contributed by atoms with Crippen LogP contribution in [0.2, 0.25) is 5.15 Å². The second kappa shape index (κ2) is 5.92. The lowest BCUT2D eigenvalue weighted by Crippen LogP contribution is -2.07. The van der Waals surface area contributed by atoms with Crippen LogP contribution in [0.1, 0.15) is 43.9 Å². The minimum absolute atomic E-state index is 0.621. The maximum absolute atomic E-state index is 6.39. The largest absolute Gasteiger partial charge is 0.262 e. The second-order valence-electron chi connectivity index (χ2n) is 5.26. The molecule has 0 bridgehead atoms. The molecule has 1 aliphatic rings. The standard InChI is InChI=1S/C15H19ClN4/c1-2-10-20-13(8-9-17-20)15-18-12-7-5-3-4-6-11(12)14(16)19-15/h8-9H,2-7,10H2,1H3. The summed E-state index contributed by atoms with van der Waals surface area (Å²) < 4.78 is 1.95. The van der Waals surface area contributed by atoms with E-state index in [4.69, 9.17) is 16.6 Å². The Morgan fingerprint density at radius 3 is 2.90 bits per heavy atom. The molecular weight excluding hydrogens is 272 g/mol. The Balaban J connectivity index is 2.04. The highest BCUT2D eigenvalue weighted by Gasteiger charge is 2.17. The summed E-state index contributed by atoms with van der Waals surface area (Å²) in [6, 6.07) is 1.96. The number of fused-ring (bicyclic) bond motifs is 1. The van der Waals surface area contributed by atoms with Crippen LogP contribution in [-0.4, -0.2) is 19.7 Å². The van der Waals surface area contributed by atoms with E-state index in [2.05, 4.69) is 17.0 Å². The molecule has 2 heterocycles. The highest BCUT2D eigenvalue weighted by atomic mass is 35.5. The number of halogens is 1. The van der Waals surface area contributed by atoms with Crippen molar-refractivity contribution in [2.24, 2.45) is 0 Å². The van der Waals surface area contributed by atoms with Crippen molar-refractivity contribution in [3.05, 3.63) is 28.7 Å². The van der Waals surface area contributed by atoms with Crippen molar-refractivity contribution in [2.45, 2.75) is 52.0 Å². The van der Waals surface area contributed by atoms with E-state index in [0.29, 0.717) is 11.0 Å². The lowest BCUT2D eigenvalue weighted by molar-refractivity contribution is 0.606. The first-order valence-electron chi connectivity index (χ1n) is 7.37. The molecule has 5 heteroatoms. The number of nitrogens with zero attached hydrogens (tertiary/aromatic N) is 4.